The van der Waals surface area contributed by atoms with Crippen molar-refractivity contribution in [3.8, 4) is 5.75 Å². The molecule has 1 aliphatic heterocycles. The Labute approximate surface area is 146 Å². The van der Waals surface area contributed by atoms with E-state index in [1.165, 1.54) is 6.07 Å². The van der Waals surface area contributed by atoms with Crippen molar-refractivity contribution < 1.29 is 15.0 Å². The van der Waals surface area contributed by atoms with Crippen LogP contribution in [-0.2, 0) is 11.2 Å². The fraction of sp³-hybridized carbons (Fsp3) is 0.389. The summed E-state index contributed by atoms with van der Waals surface area (Å²) in [5.74, 6) is -0.151. The van der Waals surface area contributed by atoms with Crippen LogP contribution >= 0.6 is 11.6 Å². The number of nitrogens with zero attached hydrogens (tertiary/aromatic N) is 1. The predicted octanol–water partition coefficient (Wildman–Crippen LogP) is 2.33. The van der Waals surface area contributed by atoms with Crippen LogP contribution in [0.15, 0.2) is 42.2 Å². The lowest BCUT2D eigenvalue weighted by Crippen LogP contribution is -2.38. The third kappa shape index (κ3) is 3.91. The fourth-order valence-electron chi connectivity index (χ4n) is 3.23. The number of carbonyl (C=O) groups is 1. The van der Waals surface area contributed by atoms with Crippen molar-refractivity contribution in [1.29, 1.82) is 0 Å². The Kier molecular flexibility index (Phi) is 5.11. The SMILES string of the molecule is O=C(Cc1cc(Cl)ccc1O)NC1=CCN([C@@H]2CCC[C@@H]2O)C=C1. The van der Waals surface area contributed by atoms with Crippen LogP contribution in [0.25, 0.3) is 0 Å². The highest BCUT2D eigenvalue weighted by Crippen LogP contribution is 2.26. The number of aromatic hydroxyl groups is 1. The summed E-state index contributed by atoms with van der Waals surface area (Å²) in [5, 5.41) is 23.1. The van der Waals surface area contributed by atoms with E-state index in [0.717, 1.165) is 25.0 Å². The lowest BCUT2D eigenvalue weighted by atomic mass is 10.1. The van der Waals surface area contributed by atoms with Crippen LogP contribution in [0.1, 0.15) is 24.8 Å². The van der Waals surface area contributed by atoms with Gasteiger partial charge in [0, 0.05) is 29.0 Å². The topological polar surface area (TPSA) is 72.8 Å². The first-order valence-corrected chi connectivity index (χ1v) is 8.50. The van der Waals surface area contributed by atoms with Crippen molar-refractivity contribution in [2.24, 2.45) is 0 Å². The van der Waals surface area contributed by atoms with Gasteiger partial charge in [-0.3, -0.25) is 4.79 Å². The molecule has 1 fully saturated rings. The van der Waals surface area contributed by atoms with Gasteiger partial charge in [-0.2, -0.15) is 0 Å². The van der Waals surface area contributed by atoms with Crippen LogP contribution in [0.5, 0.6) is 5.75 Å². The molecule has 24 heavy (non-hydrogen) atoms. The van der Waals surface area contributed by atoms with E-state index < -0.39 is 0 Å². The first-order chi connectivity index (χ1) is 11.5. The number of nitrogens with one attached hydrogen (secondary N) is 1. The molecule has 1 aromatic carbocycles. The van der Waals surface area contributed by atoms with Gasteiger partial charge in [-0.25, -0.2) is 0 Å². The second kappa shape index (κ2) is 7.28. The maximum Gasteiger partial charge on any atom is 0.228 e. The van der Waals surface area contributed by atoms with E-state index >= 15 is 0 Å². The quantitative estimate of drug-likeness (QED) is 0.781. The minimum atomic E-state index is -0.273. The Morgan fingerprint density at radius 2 is 2.21 bits per heavy atom. The molecule has 2 atom stereocenters. The highest BCUT2D eigenvalue weighted by atomic mass is 35.5. The van der Waals surface area contributed by atoms with Crippen molar-refractivity contribution in [1.82, 2.24) is 10.2 Å². The number of hydrogen-bond donors (Lipinski definition) is 3. The number of carbonyl (C=O) groups excluding carboxylic acids is 1. The summed E-state index contributed by atoms with van der Waals surface area (Å²) in [6, 6.07) is 4.81. The highest BCUT2D eigenvalue weighted by Gasteiger charge is 2.29. The standard InChI is InChI=1S/C18H21ClN2O3/c19-13-4-5-16(22)12(10-13)11-18(24)20-14-6-8-21(9-7-14)15-2-1-3-17(15)23/h4-8,10,15,17,22-23H,1-3,9,11H2,(H,20,24)/t15-,17+/m1/s1. The zero-order chi connectivity index (χ0) is 17.1. The van der Waals surface area contributed by atoms with E-state index in [1.807, 2.05) is 18.4 Å². The average Bonchev–Trinajstić information content (AvgIpc) is 2.98. The number of aliphatic hydroxyl groups is 1. The number of phenols is 1. The Balaban J connectivity index is 1.55. The van der Waals surface area contributed by atoms with E-state index in [9.17, 15) is 15.0 Å². The first kappa shape index (κ1) is 16.9. The van der Waals surface area contributed by atoms with Crippen molar-refractivity contribution in [2.45, 2.75) is 37.8 Å². The molecule has 5 nitrogen and oxygen atoms in total. The van der Waals surface area contributed by atoms with Gasteiger partial charge in [0.1, 0.15) is 5.75 Å². The van der Waals surface area contributed by atoms with Crippen molar-refractivity contribution in [2.75, 3.05) is 6.54 Å². The van der Waals surface area contributed by atoms with Gasteiger partial charge >= 0.3 is 0 Å². The number of amides is 1. The van der Waals surface area contributed by atoms with Gasteiger partial charge in [0.05, 0.1) is 18.6 Å². The van der Waals surface area contributed by atoms with Crippen LogP contribution in [0.2, 0.25) is 5.02 Å². The molecule has 6 heteroatoms. The number of allylic oxidation sites excluding steroid dienone is 1. The Bertz CT molecular complexity index is 687. The molecule has 1 heterocycles. The van der Waals surface area contributed by atoms with Crippen LogP contribution < -0.4 is 5.32 Å². The molecule has 128 valence electrons. The van der Waals surface area contributed by atoms with E-state index in [0.29, 0.717) is 17.1 Å². The molecule has 2 aliphatic rings. The van der Waals surface area contributed by atoms with Gasteiger partial charge in [-0.15, -0.1) is 0 Å². The third-order valence-corrected chi connectivity index (χ3v) is 4.75. The van der Waals surface area contributed by atoms with Crippen LogP contribution in [-0.4, -0.2) is 39.7 Å². The normalized spacial score (nSPS) is 23.2. The maximum atomic E-state index is 12.1. The van der Waals surface area contributed by atoms with Crippen LogP contribution in [0, 0.1) is 0 Å². The van der Waals surface area contributed by atoms with Gasteiger partial charge in [-0.1, -0.05) is 11.6 Å². The zero-order valence-electron chi connectivity index (χ0n) is 13.3. The molecular formula is C18H21ClN2O3. The molecule has 1 amide bonds. The summed E-state index contributed by atoms with van der Waals surface area (Å²) >= 11 is 5.89. The number of phenolic OH excluding ortho intramolecular Hbond substituents is 1. The van der Waals surface area contributed by atoms with E-state index in [-0.39, 0.29) is 30.2 Å². The number of halogens is 1. The molecule has 1 aliphatic carbocycles. The lowest BCUT2D eigenvalue weighted by Gasteiger charge is -2.31. The molecule has 0 radical (unpaired) electrons. The number of hydrogen-bond acceptors (Lipinski definition) is 4. The molecule has 0 saturated heterocycles. The summed E-state index contributed by atoms with van der Waals surface area (Å²) in [6.45, 7) is 0.663. The molecule has 3 N–H and O–H groups in total. The molecule has 1 saturated carbocycles. The smallest absolute Gasteiger partial charge is 0.228 e. The molecule has 3 rings (SSSR count). The van der Waals surface area contributed by atoms with Gasteiger partial charge in [0.25, 0.3) is 0 Å². The average molecular weight is 349 g/mol. The summed E-state index contributed by atoms with van der Waals surface area (Å²) in [7, 11) is 0. The summed E-state index contributed by atoms with van der Waals surface area (Å²) in [5.41, 5.74) is 1.22. The van der Waals surface area contributed by atoms with Crippen molar-refractivity contribution in [3.63, 3.8) is 0 Å². The summed E-state index contributed by atoms with van der Waals surface area (Å²) in [6.07, 6.45) is 8.37. The van der Waals surface area contributed by atoms with Gasteiger partial charge in [-0.05, 0) is 49.6 Å². The molecular weight excluding hydrogens is 328 g/mol. The minimum Gasteiger partial charge on any atom is -0.508 e. The van der Waals surface area contributed by atoms with Crippen molar-refractivity contribution >= 4 is 17.5 Å². The molecule has 0 bridgehead atoms. The molecule has 0 unspecified atom stereocenters. The highest BCUT2D eigenvalue weighted by molar-refractivity contribution is 6.30. The van der Waals surface area contributed by atoms with E-state index in [1.54, 1.807) is 12.1 Å². The van der Waals surface area contributed by atoms with E-state index in [4.69, 9.17) is 11.6 Å². The monoisotopic (exact) mass is 348 g/mol. The largest absolute Gasteiger partial charge is 0.508 e. The fourth-order valence-corrected chi connectivity index (χ4v) is 3.42. The second-order valence-electron chi connectivity index (χ2n) is 6.24. The van der Waals surface area contributed by atoms with Gasteiger partial charge in [0.2, 0.25) is 5.91 Å². The molecule has 0 aromatic heterocycles. The van der Waals surface area contributed by atoms with Gasteiger partial charge < -0.3 is 20.4 Å². The minimum absolute atomic E-state index is 0.0582. The van der Waals surface area contributed by atoms with Crippen LogP contribution in [0.4, 0.5) is 0 Å². The Morgan fingerprint density at radius 1 is 1.38 bits per heavy atom. The molecule has 1 aromatic rings. The number of rotatable bonds is 4. The summed E-state index contributed by atoms with van der Waals surface area (Å²) in [4.78, 5) is 14.2. The zero-order valence-corrected chi connectivity index (χ0v) is 14.0. The summed E-state index contributed by atoms with van der Waals surface area (Å²) < 4.78 is 0. The van der Waals surface area contributed by atoms with E-state index in [2.05, 4.69) is 10.2 Å². The van der Waals surface area contributed by atoms with Crippen molar-refractivity contribution in [3.05, 3.63) is 52.8 Å². The number of aliphatic hydroxyl groups excluding tert-OH is 1. The predicted molar refractivity (Wildman–Crippen MR) is 92.5 cm³/mol. The van der Waals surface area contributed by atoms with Crippen LogP contribution in [0.3, 0.4) is 0 Å². The lowest BCUT2D eigenvalue weighted by molar-refractivity contribution is -0.119. The Morgan fingerprint density at radius 3 is 2.88 bits per heavy atom. The second-order valence-corrected chi connectivity index (χ2v) is 6.67. The number of benzene rings is 1. The Hall–Kier alpha value is -1.98. The third-order valence-electron chi connectivity index (χ3n) is 4.51. The molecule has 0 spiro atoms. The maximum absolute atomic E-state index is 12.1. The van der Waals surface area contributed by atoms with Gasteiger partial charge in [0.15, 0.2) is 0 Å². The first-order valence-electron chi connectivity index (χ1n) is 8.12.